The van der Waals surface area contributed by atoms with Crippen molar-refractivity contribution >= 4 is 29.1 Å². The Morgan fingerprint density at radius 3 is 2.62 bits per heavy atom. The number of methoxy groups -OCH3 is 1. The van der Waals surface area contributed by atoms with Crippen molar-refractivity contribution in [3.63, 3.8) is 0 Å². The number of ether oxygens (including phenoxy) is 1. The zero-order valence-electron chi connectivity index (χ0n) is 13.0. The van der Waals surface area contributed by atoms with E-state index in [2.05, 4.69) is 10.6 Å². The number of phenolic OH excluding ortho intramolecular Hbond substituents is 1. The summed E-state index contributed by atoms with van der Waals surface area (Å²) in [7, 11) is 1.54. The highest BCUT2D eigenvalue weighted by Gasteiger charge is 2.16. The second kappa shape index (κ2) is 8.33. The number of hydrogen-bond acceptors (Lipinski definition) is 4. The first-order valence-corrected chi connectivity index (χ1v) is 7.56. The summed E-state index contributed by atoms with van der Waals surface area (Å²) < 4.78 is 4.88. The molecule has 6 nitrogen and oxygen atoms in total. The fraction of sp³-hybridized carbons (Fsp3) is 0.176. The van der Waals surface area contributed by atoms with Crippen molar-refractivity contribution < 1.29 is 19.4 Å². The smallest absolute Gasteiger partial charge is 0.259 e. The molecule has 24 heavy (non-hydrogen) atoms. The van der Waals surface area contributed by atoms with Crippen LogP contribution in [0.5, 0.6) is 5.75 Å². The third-order valence-electron chi connectivity index (χ3n) is 3.21. The summed E-state index contributed by atoms with van der Waals surface area (Å²) in [6, 6.07) is 10.7. The minimum absolute atomic E-state index is 0.0251. The molecule has 2 rings (SSSR count). The molecule has 0 atom stereocenters. The first-order chi connectivity index (χ1) is 11.5. The summed E-state index contributed by atoms with van der Waals surface area (Å²) in [5, 5.41) is 15.4. The molecule has 7 heteroatoms. The van der Waals surface area contributed by atoms with E-state index in [1.807, 2.05) is 0 Å². The normalized spacial score (nSPS) is 10.2. The quantitative estimate of drug-likeness (QED) is 0.700. The minimum atomic E-state index is -0.563. The van der Waals surface area contributed by atoms with E-state index in [-0.39, 0.29) is 17.2 Å². The SMILES string of the molecule is COCCNC(=O)c1ccccc1NC(=O)c1cc(Cl)ccc1O. The summed E-state index contributed by atoms with van der Waals surface area (Å²) in [5.74, 6) is -1.09. The summed E-state index contributed by atoms with van der Waals surface area (Å²) in [5.41, 5.74) is 0.664. The third kappa shape index (κ3) is 4.47. The van der Waals surface area contributed by atoms with Crippen LogP contribution in [0.4, 0.5) is 5.69 Å². The lowest BCUT2D eigenvalue weighted by Gasteiger charge is -2.12. The van der Waals surface area contributed by atoms with E-state index in [0.29, 0.717) is 29.4 Å². The fourth-order valence-corrected chi connectivity index (χ4v) is 2.20. The van der Waals surface area contributed by atoms with Gasteiger partial charge >= 0.3 is 0 Å². The summed E-state index contributed by atoms with van der Waals surface area (Å²) in [6.45, 7) is 0.739. The number of nitrogens with one attached hydrogen (secondary N) is 2. The standard InChI is InChI=1S/C17H17ClN2O4/c1-24-9-8-19-16(22)12-4-2-3-5-14(12)20-17(23)13-10-11(18)6-7-15(13)21/h2-7,10,21H,8-9H2,1H3,(H,19,22)(H,20,23). The Hall–Kier alpha value is -2.57. The second-order valence-electron chi connectivity index (χ2n) is 4.91. The van der Waals surface area contributed by atoms with E-state index in [1.54, 1.807) is 24.3 Å². The van der Waals surface area contributed by atoms with Crippen LogP contribution >= 0.6 is 11.6 Å². The van der Waals surface area contributed by atoms with E-state index >= 15 is 0 Å². The predicted molar refractivity (Wildman–Crippen MR) is 91.7 cm³/mol. The highest BCUT2D eigenvalue weighted by atomic mass is 35.5. The topological polar surface area (TPSA) is 87.7 Å². The molecule has 2 aromatic rings. The molecule has 0 aliphatic heterocycles. The van der Waals surface area contributed by atoms with Gasteiger partial charge in [-0.05, 0) is 30.3 Å². The number of para-hydroxylation sites is 1. The lowest BCUT2D eigenvalue weighted by molar-refractivity contribution is 0.0938. The number of hydrogen-bond donors (Lipinski definition) is 3. The zero-order chi connectivity index (χ0) is 17.5. The van der Waals surface area contributed by atoms with Crippen LogP contribution in [-0.4, -0.2) is 37.2 Å². The number of phenols is 1. The molecule has 0 saturated carbocycles. The Balaban J connectivity index is 2.19. The van der Waals surface area contributed by atoms with Crippen LogP contribution in [0.1, 0.15) is 20.7 Å². The van der Waals surface area contributed by atoms with E-state index in [1.165, 1.54) is 25.3 Å². The molecule has 126 valence electrons. The average molecular weight is 349 g/mol. The van der Waals surface area contributed by atoms with Crippen LogP contribution in [0, 0.1) is 0 Å². The number of benzene rings is 2. The van der Waals surface area contributed by atoms with Gasteiger partial charge in [-0.1, -0.05) is 23.7 Å². The van der Waals surface area contributed by atoms with Crippen LogP contribution in [0.15, 0.2) is 42.5 Å². The van der Waals surface area contributed by atoms with E-state index in [9.17, 15) is 14.7 Å². The molecular formula is C17H17ClN2O4. The molecule has 0 aromatic heterocycles. The molecule has 2 amide bonds. The van der Waals surface area contributed by atoms with Crippen molar-refractivity contribution in [2.24, 2.45) is 0 Å². The van der Waals surface area contributed by atoms with E-state index < -0.39 is 5.91 Å². The number of rotatable bonds is 6. The van der Waals surface area contributed by atoms with Gasteiger partial charge in [0.1, 0.15) is 5.75 Å². The number of aromatic hydroxyl groups is 1. The molecular weight excluding hydrogens is 332 g/mol. The molecule has 3 N–H and O–H groups in total. The van der Waals surface area contributed by atoms with Gasteiger partial charge in [-0.2, -0.15) is 0 Å². The molecule has 0 fully saturated rings. The second-order valence-corrected chi connectivity index (χ2v) is 5.35. The number of amides is 2. The van der Waals surface area contributed by atoms with Gasteiger partial charge in [0.25, 0.3) is 11.8 Å². The number of anilines is 1. The number of carbonyl (C=O) groups is 2. The van der Waals surface area contributed by atoms with Gasteiger partial charge in [0.15, 0.2) is 0 Å². The number of carbonyl (C=O) groups excluding carboxylic acids is 2. The van der Waals surface area contributed by atoms with Crippen molar-refractivity contribution in [3.05, 3.63) is 58.6 Å². The fourth-order valence-electron chi connectivity index (χ4n) is 2.03. The molecule has 0 unspecified atom stereocenters. The maximum atomic E-state index is 12.3. The molecule has 0 saturated heterocycles. The van der Waals surface area contributed by atoms with Crippen molar-refractivity contribution in [1.82, 2.24) is 5.32 Å². The van der Waals surface area contributed by atoms with E-state index in [4.69, 9.17) is 16.3 Å². The molecule has 0 bridgehead atoms. The Bertz CT molecular complexity index is 749. The van der Waals surface area contributed by atoms with Gasteiger partial charge in [0.2, 0.25) is 0 Å². The van der Waals surface area contributed by atoms with Gasteiger partial charge in [-0.25, -0.2) is 0 Å². The molecule has 0 heterocycles. The van der Waals surface area contributed by atoms with Crippen LogP contribution < -0.4 is 10.6 Å². The molecule has 2 aromatic carbocycles. The minimum Gasteiger partial charge on any atom is -0.507 e. The Kier molecular flexibility index (Phi) is 6.17. The molecule has 0 aliphatic rings. The van der Waals surface area contributed by atoms with E-state index in [0.717, 1.165) is 0 Å². The van der Waals surface area contributed by atoms with Crippen molar-refractivity contribution in [1.29, 1.82) is 0 Å². The molecule has 0 spiro atoms. The van der Waals surface area contributed by atoms with Crippen LogP contribution in [-0.2, 0) is 4.74 Å². The van der Waals surface area contributed by atoms with Gasteiger partial charge < -0.3 is 20.5 Å². The van der Waals surface area contributed by atoms with Gasteiger partial charge in [-0.15, -0.1) is 0 Å². The predicted octanol–water partition coefficient (Wildman–Crippen LogP) is 2.67. The van der Waals surface area contributed by atoms with Gasteiger partial charge in [0, 0.05) is 18.7 Å². The maximum absolute atomic E-state index is 12.3. The Morgan fingerprint density at radius 2 is 1.88 bits per heavy atom. The molecule has 0 radical (unpaired) electrons. The maximum Gasteiger partial charge on any atom is 0.259 e. The highest BCUT2D eigenvalue weighted by molar-refractivity contribution is 6.31. The summed E-state index contributed by atoms with van der Waals surface area (Å²) in [4.78, 5) is 24.5. The average Bonchev–Trinajstić information content (AvgIpc) is 2.57. The summed E-state index contributed by atoms with van der Waals surface area (Å²) >= 11 is 5.85. The largest absolute Gasteiger partial charge is 0.507 e. The van der Waals surface area contributed by atoms with Crippen LogP contribution in [0.3, 0.4) is 0 Å². The first-order valence-electron chi connectivity index (χ1n) is 7.19. The highest BCUT2D eigenvalue weighted by Crippen LogP contribution is 2.23. The Morgan fingerprint density at radius 1 is 1.12 bits per heavy atom. The van der Waals surface area contributed by atoms with Gasteiger partial charge in [-0.3, -0.25) is 9.59 Å². The summed E-state index contributed by atoms with van der Waals surface area (Å²) in [6.07, 6.45) is 0. The van der Waals surface area contributed by atoms with Gasteiger partial charge in [0.05, 0.1) is 23.4 Å². The van der Waals surface area contributed by atoms with Crippen molar-refractivity contribution in [3.8, 4) is 5.75 Å². The van der Waals surface area contributed by atoms with Crippen LogP contribution in [0.2, 0.25) is 5.02 Å². The van der Waals surface area contributed by atoms with Crippen molar-refractivity contribution in [2.75, 3.05) is 25.6 Å². The lowest BCUT2D eigenvalue weighted by atomic mass is 10.1. The van der Waals surface area contributed by atoms with Crippen LogP contribution in [0.25, 0.3) is 0 Å². The zero-order valence-corrected chi connectivity index (χ0v) is 13.8. The molecule has 0 aliphatic carbocycles. The Labute approximate surface area is 144 Å². The third-order valence-corrected chi connectivity index (χ3v) is 3.45. The van der Waals surface area contributed by atoms with Crippen molar-refractivity contribution in [2.45, 2.75) is 0 Å². The number of halogens is 1. The lowest BCUT2D eigenvalue weighted by Crippen LogP contribution is -2.28. The first kappa shape index (κ1) is 17.8. The monoisotopic (exact) mass is 348 g/mol.